The standard InChI is InChI=1S/C20H29P/c1-14-15(2)18(20(6,7)8)21(17(14)19(3,4)5)16-12-10-9-11-13-16/h9-13H,1-8H3. The minimum absolute atomic E-state index is 0.222. The molecule has 1 aromatic carbocycles. The first kappa shape index (κ1) is 16.4. The van der Waals surface area contributed by atoms with Crippen molar-refractivity contribution in [1.29, 1.82) is 0 Å². The van der Waals surface area contributed by atoms with Crippen molar-refractivity contribution >= 4 is 7.53 Å². The second-order valence-electron chi connectivity index (χ2n) is 8.12. The smallest absolute Gasteiger partial charge is 0.00162 e. The van der Waals surface area contributed by atoms with Crippen molar-refractivity contribution in [2.75, 3.05) is 0 Å². The van der Waals surface area contributed by atoms with Gasteiger partial charge in [-0.1, -0.05) is 79.4 Å². The summed E-state index contributed by atoms with van der Waals surface area (Å²) in [6, 6.07) is 11.1. The largest absolute Gasteiger partial charge is 0.0852 e. The average molecular weight is 300 g/mol. The number of hydrogen-bond acceptors (Lipinski definition) is 0. The Balaban J connectivity index is 2.92. The molecule has 0 aliphatic carbocycles. The summed E-state index contributed by atoms with van der Waals surface area (Å²) >= 11 is 0. The van der Waals surface area contributed by atoms with Crippen LogP contribution in [0.25, 0.3) is 5.30 Å². The fraction of sp³-hybridized carbons (Fsp3) is 0.500. The molecule has 0 saturated carbocycles. The predicted molar refractivity (Wildman–Crippen MR) is 97.4 cm³/mol. The van der Waals surface area contributed by atoms with Gasteiger partial charge in [0.15, 0.2) is 0 Å². The normalized spacial score (nSPS) is 12.8. The molecule has 0 atom stereocenters. The van der Waals surface area contributed by atoms with Crippen LogP contribution < -0.4 is 0 Å². The summed E-state index contributed by atoms with van der Waals surface area (Å²) in [7, 11) is -0.363. The fourth-order valence-corrected chi connectivity index (χ4v) is 6.99. The highest BCUT2D eigenvalue weighted by molar-refractivity contribution is 7.59. The first-order chi connectivity index (χ1) is 9.55. The molecule has 0 spiro atoms. The molecule has 0 fully saturated rings. The van der Waals surface area contributed by atoms with Crippen LogP contribution in [0.1, 0.15) is 63.3 Å². The van der Waals surface area contributed by atoms with E-state index in [9.17, 15) is 0 Å². The fourth-order valence-electron chi connectivity index (χ4n) is 3.43. The highest BCUT2D eigenvalue weighted by atomic mass is 31.1. The molecular weight excluding hydrogens is 271 g/mol. The van der Waals surface area contributed by atoms with Crippen LogP contribution in [0, 0.1) is 13.8 Å². The van der Waals surface area contributed by atoms with Gasteiger partial charge in [-0.05, 0) is 51.7 Å². The van der Waals surface area contributed by atoms with E-state index in [4.69, 9.17) is 0 Å². The molecule has 0 nitrogen and oxygen atoms in total. The van der Waals surface area contributed by atoms with Gasteiger partial charge >= 0.3 is 0 Å². The molecule has 0 saturated heterocycles. The molecule has 21 heavy (non-hydrogen) atoms. The molecule has 0 aliphatic heterocycles. The lowest BCUT2D eigenvalue weighted by molar-refractivity contribution is 0.599. The van der Waals surface area contributed by atoms with Crippen molar-refractivity contribution in [3.05, 3.63) is 52.0 Å². The second kappa shape index (κ2) is 5.33. The Morgan fingerprint density at radius 1 is 0.667 bits per heavy atom. The van der Waals surface area contributed by atoms with Gasteiger partial charge in [-0.3, -0.25) is 0 Å². The van der Waals surface area contributed by atoms with E-state index in [1.807, 2.05) is 0 Å². The van der Waals surface area contributed by atoms with E-state index >= 15 is 0 Å². The van der Waals surface area contributed by atoms with Crippen LogP contribution in [0.2, 0.25) is 0 Å². The van der Waals surface area contributed by atoms with Gasteiger partial charge in [-0.25, -0.2) is 0 Å². The van der Waals surface area contributed by atoms with Gasteiger partial charge in [0.05, 0.1) is 0 Å². The lowest BCUT2D eigenvalue weighted by Crippen LogP contribution is -2.12. The van der Waals surface area contributed by atoms with Crippen LogP contribution in [0.5, 0.6) is 0 Å². The molecule has 0 radical (unpaired) electrons. The Labute approximate surface area is 131 Å². The highest BCUT2D eigenvalue weighted by Gasteiger charge is 2.32. The third kappa shape index (κ3) is 2.97. The van der Waals surface area contributed by atoms with E-state index < -0.39 is 0 Å². The van der Waals surface area contributed by atoms with Crippen molar-refractivity contribution in [3.63, 3.8) is 0 Å². The molecule has 1 aromatic heterocycles. The Kier molecular flexibility index (Phi) is 4.15. The topological polar surface area (TPSA) is 0 Å². The molecule has 1 heteroatoms. The van der Waals surface area contributed by atoms with E-state index in [1.165, 1.54) is 16.4 Å². The third-order valence-electron chi connectivity index (χ3n) is 4.16. The van der Waals surface area contributed by atoms with Crippen molar-refractivity contribution in [3.8, 4) is 5.30 Å². The summed E-state index contributed by atoms with van der Waals surface area (Å²) in [5.41, 5.74) is 3.50. The SMILES string of the molecule is Cc1c(C)c(C(C)(C)C)p(-c2ccccc2)c1C(C)(C)C. The zero-order valence-corrected chi connectivity index (χ0v) is 15.7. The average Bonchev–Trinajstić information content (AvgIpc) is 2.62. The minimum Gasteiger partial charge on any atom is -0.0852 e. The van der Waals surface area contributed by atoms with E-state index in [-0.39, 0.29) is 18.4 Å². The Hall–Kier alpha value is -1.00. The summed E-state index contributed by atoms with van der Waals surface area (Å²) in [5.74, 6) is 0. The first-order valence-corrected chi connectivity index (χ1v) is 9.17. The first-order valence-electron chi connectivity index (χ1n) is 7.83. The highest BCUT2D eigenvalue weighted by Crippen LogP contribution is 2.59. The van der Waals surface area contributed by atoms with Crippen LogP contribution in [0.4, 0.5) is 0 Å². The summed E-state index contributed by atoms with van der Waals surface area (Å²) in [4.78, 5) is 0. The van der Waals surface area contributed by atoms with Crippen LogP contribution in [-0.4, -0.2) is 0 Å². The molecule has 2 aromatic rings. The van der Waals surface area contributed by atoms with Crippen LogP contribution in [0.15, 0.2) is 30.3 Å². The maximum absolute atomic E-state index is 2.36. The second-order valence-corrected chi connectivity index (χ2v) is 10.2. The molecule has 0 bridgehead atoms. The van der Waals surface area contributed by atoms with E-state index in [0.29, 0.717) is 0 Å². The van der Waals surface area contributed by atoms with Gasteiger partial charge in [0.2, 0.25) is 0 Å². The van der Waals surface area contributed by atoms with Crippen molar-refractivity contribution in [2.24, 2.45) is 0 Å². The maximum Gasteiger partial charge on any atom is -0.00162 e. The zero-order valence-electron chi connectivity index (χ0n) is 14.8. The molecule has 114 valence electrons. The van der Waals surface area contributed by atoms with Gasteiger partial charge in [0, 0.05) is 0 Å². The molecule has 0 amide bonds. The summed E-state index contributed by atoms with van der Waals surface area (Å²) in [5, 5.41) is 4.82. The van der Waals surface area contributed by atoms with Crippen molar-refractivity contribution < 1.29 is 0 Å². The van der Waals surface area contributed by atoms with Crippen molar-refractivity contribution in [1.82, 2.24) is 0 Å². The van der Waals surface area contributed by atoms with E-state index in [2.05, 4.69) is 85.7 Å². The lowest BCUT2D eigenvalue weighted by Gasteiger charge is -2.26. The predicted octanol–water partition coefficient (Wildman–Crippen LogP) is 6.87. The maximum atomic E-state index is 2.36. The summed E-state index contributed by atoms with van der Waals surface area (Å²) in [6.45, 7) is 18.8. The van der Waals surface area contributed by atoms with Gasteiger partial charge in [-0.15, -0.1) is 0 Å². The molecule has 2 rings (SSSR count). The van der Waals surface area contributed by atoms with E-state index in [1.54, 1.807) is 10.6 Å². The Bertz CT molecular complexity index is 594. The molecular formula is C20H29P. The van der Waals surface area contributed by atoms with Gasteiger partial charge in [0.1, 0.15) is 0 Å². The van der Waals surface area contributed by atoms with Crippen LogP contribution >= 0.6 is 7.53 Å². The van der Waals surface area contributed by atoms with E-state index in [0.717, 1.165) is 0 Å². The van der Waals surface area contributed by atoms with Crippen LogP contribution in [0.3, 0.4) is 0 Å². The summed E-state index contributed by atoms with van der Waals surface area (Å²) in [6.07, 6.45) is 0. The van der Waals surface area contributed by atoms with Crippen molar-refractivity contribution in [2.45, 2.75) is 66.2 Å². The van der Waals surface area contributed by atoms with Gasteiger partial charge < -0.3 is 0 Å². The molecule has 1 heterocycles. The minimum atomic E-state index is -0.363. The summed E-state index contributed by atoms with van der Waals surface area (Å²) < 4.78 is 0. The van der Waals surface area contributed by atoms with Gasteiger partial charge in [-0.2, -0.15) is 0 Å². The lowest BCUT2D eigenvalue weighted by atomic mass is 9.87. The number of rotatable bonds is 1. The van der Waals surface area contributed by atoms with Gasteiger partial charge in [0.25, 0.3) is 0 Å². The monoisotopic (exact) mass is 300 g/mol. The number of benzene rings is 1. The Morgan fingerprint density at radius 3 is 1.38 bits per heavy atom. The Morgan fingerprint density at radius 2 is 1.05 bits per heavy atom. The molecule has 0 N–H and O–H groups in total. The molecule has 0 unspecified atom stereocenters. The zero-order chi connectivity index (χ0) is 16.0. The van der Waals surface area contributed by atoms with Crippen LogP contribution in [-0.2, 0) is 10.8 Å². The number of hydrogen-bond donors (Lipinski definition) is 0. The quantitative estimate of drug-likeness (QED) is 0.539. The molecule has 0 aliphatic rings. The third-order valence-corrected chi connectivity index (χ3v) is 7.88.